The number of carboxylic acids is 1. The van der Waals surface area contributed by atoms with E-state index in [1.807, 2.05) is 0 Å². The second-order valence-electron chi connectivity index (χ2n) is 1.96. The predicted octanol–water partition coefficient (Wildman–Crippen LogP) is 0.351. The van der Waals surface area contributed by atoms with Gasteiger partial charge in [0.15, 0.2) is 0 Å². The van der Waals surface area contributed by atoms with Gasteiger partial charge >= 0.3 is 11.9 Å². The molecule has 0 aliphatic carbocycles. The third-order valence-electron chi connectivity index (χ3n) is 0.883. The topological polar surface area (TPSA) is 63.3 Å². The van der Waals surface area contributed by atoms with E-state index in [1.54, 1.807) is 0 Å². The number of aliphatic carboxylic acids is 1. The number of carbonyl (C=O) groups is 1. The van der Waals surface area contributed by atoms with Crippen molar-refractivity contribution in [1.29, 1.82) is 0 Å². The second kappa shape index (κ2) is 2.12. The van der Waals surface area contributed by atoms with Crippen molar-refractivity contribution in [3.8, 4) is 0 Å². The molecular weight excluding hydrogens is 151 g/mol. The normalized spacial score (nSPS) is 18.1. The fourth-order valence-electron chi connectivity index (χ4n) is 0.209. The Morgan fingerprint density at radius 3 is 1.80 bits per heavy atom. The molecule has 1 atom stereocenters. The molecule has 6 heteroatoms. The third-order valence-corrected chi connectivity index (χ3v) is 0.883. The van der Waals surface area contributed by atoms with Crippen LogP contribution < -0.4 is 5.73 Å². The highest BCUT2D eigenvalue weighted by Gasteiger charge is 2.55. The Morgan fingerprint density at radius 2 is 1.80 bits per heavy atom. The molecule has 60 valence electrons. The van der Waals surface area contributed by atoms with Crippen molar-refractivity contribution in [3.63, 3.8) is 0 Å². The summed E-state index contributed by atoms with van der Waals surface area (Å²) >= 11 is 0. The highest BCUT2D eigenvalue weighted by atomic mass is 19.3. The minimum absolute atomic E-state index is 0.293. The van der Waals surface area contributed by atoms with Crippen LogP contribution >= 0.6 is 0 Å². The van der Waals surface area contributed by atoms with Crippen LogP contribution in [0.4, 0.5) is 13.2 Å². The highest BCUT2D eigenvalue weighted by Crippen LogP contribution is 2.27. The van der Waals surface area contributed by atoms with Crippen LogP contribution in [-0.4, -0.2) is 22.8 Å². The summed E-state index contributed by atoms with van der Waals surface area (Å²) in [7, 11) is 0. The number of carboxylic acid groups (broad SMARTS) is 1. The molecular formula is C4H6F3NO2. The minimum atomic E-state index is -4.53. The average molecular weight is 157 g/mol. The maximum atomic E-state index is 12.1. The van der Waals surface area contributed by atoms with E-state index >= 15 is 0 Å². The molecule has 0 saturated carbocycles. The molecule has 3 N–H and O–H groups in total. The first-order valence-corrected chi connectivity index (χ1v) is 2.28. The summed E-state index contributed by atoms with van der Waals surface area (Å²) in [5.41, 5.74) is 4.22. The van der Waals surface area contributed by atoms with Crippen LogP contribution in [0.25, 0.3) is 0 Å². The van der Waals surface area contributed by atoms with Gasteiger partial charge in [-0.05, 0) is 6.92 Å². The Balaban J connectivity index is 4.57. The number of hydrogen-bond acceptors (Lipinski definition) is 2. The van der Waals surface area contributed by atoms with Gasteiger partial charge in [-0.15, -0.1) is 0 Å². The van der Waals surface area contributed by atoms with Gasteiger partial charge in [0.1, 0.15) is 0 Å². The fraction of sp³-hybridized carbons (Fsp3) is 0.750. The van der Waals surface area contributed by atoms with Crippen molar-refractivity contribution in [3.05, 3.63) is 0 Å². The van der Waals surface area contributed by atoms with E-state index in [9.17, 15) is 18.0 Å². The smallest absolute Gasteiger partial charge is 0.388 e. The second-order valence-corrected chi connectivity index (χ2v) is 1.96. The van der Waals surface area contributed by atoms with E-state index < -0.39 is 17.7 Å². The Labute approximate surface area is 54.6 Å². The highest BCUT2D eigenvalue weighted by molar-refractivity contribution is 5.76. The Bertz CT molecular complexity index is 151. The number of halogens is 3. The lowest BCUT2D eigenvalue weighted by Gasteiger charge is -2.21. The molecule has 0 spiro atoms. The zero-order valence-electron chi connectivity index (χ0n) is 5.07. The van der Waals surface area contributed by atoms with Crippen molar-refractivity contribution < 1.29 is 23.1 Å². The van der Waals surface area contributed by atoms with Crippen molar-refractivity contribution in [1.82, 2.24) is 0 Å². The van der Waals surface area contributed by atoms with Crippen LogP contribution in [0.1, 0.15) is 6.92 Å². The molecule has 1 unspecified atom stereocenters. The molecule has 0 aromatic carbocycles. The molecule has 0 amide bonds. The summed E-state index contributed by atoms with van der Waals surface area (Å²) in [5.74, 6) is -10.6. The summed E-state index contributed by atoms with van der Waals surface area (Å²) in [5, 5.41) is 7.71. The molecule has 10 heavy (non-hydrogen) atoms. The first-order chi connectivity index (χ1) is 4.19. The fourth-order valence-corrected chi connectivity index (χ4v) is 0.209. The molecule has 0 aliphatic heterocycles. The van der Waals surface area contributed by atoms with Crippen LogP contribution in [0.15, 0.2) is 0 Å². The van der Waals surface area contributed by atoms with Crippen molar-refractivity contribution in [2.75, 3.05) is 0 Å². The summed E-state index contributed by atoms with van der Waals surface area (Å²) in [6.45, 7) is 0.293. The average Bonchev–Trinajstić information content (AvgIpc) is 1.62. The van der Waals surface area contributed by atoms with Crippen molar-refractivity contribution in [2.24, 2.45) is 5.73 Å². The summed E-state index contributed by atoms with van der Waals surface area (Å²) < 4.78 is 36.0. The van der Waals surface area contributed by atoms with Crippen molar-refractivity contribution in [2.45, 2.75) is 18.6 Å². The SMILES string of the molecule is CC(N)(F)C(F)(F)C(=O)O. The van der Waals surface area contributed by atoms with Gasteiger partial charge < -0.3 is 5.11 Å². The largest absolute Gasteiger partial charge is 0.477 e. The molecule has 0 aromatic heterocycles. The van der Waals surface area contributed by atoms with E-state index in [4.69, 9.17) is 5.11 Å². The van der Waals surface area contributed by atoms with Crippen LogP contribution in [0.5, 0.6) is 0 Å². The maximum absolute atomic E-state index is 12.1. The third kappa shape index (κ3) is 1.38. The first kappa shape index (κ1) is 9.22. The van der Waals surface area contributed by atoms with E-state index in [0.29, 0.717) is 6.92 Å². The van der Waals surface area contributed by atoms with Crippen LogP contribution in [0.3, 0.4) is 0 Å². The number of nitrogens with two attached hydrogens (primary N) is 1. The van der Waals surface area contributed by atoms with Gasteiger partial charge in [-0.3, -0.25) is 5.73 Å². The summed E-state index contributed by atoms with van der Waals surface area (Å²) in [4.78, 5) is 9.60. The minimum Gasteiger partial charge on any atom is -0.477 e. The van der Waals surface area contributed by atoms with Crippen LogP contribution in [-0.2, 0) is 4.79 Å². The van der Waals surface area contributed by atoms with Crippen LogP contribution in [0.2, 0.25) is 0 Å². The Kier molecular flexibility index (Phi) is 1.95. The van der Waals surface area contributed by atoms with E-state index in [2.05, 4.69) is 5.73 Å². The molecule has 0 bridgehead atoms. The lowest BCUT2D eigenvalue weighted by atomic mass is 10.1. The van der Waals surface area contributed by atoms with E-state index in [1.165, 1.54) is 0 Å². The standard InChI is InChI=1S/C4H6F3NO2/c1-3(5,8)4(6,7)2(9)10/h8H2,1H3,(H,9,10). The van der Waals surface area contributed by atoms with Gasteiger partial charge in [0.2, 0.25) is 5.79 Å². The molecule has 0 fully saturated rings. The van der Waals surface area contributed by atoms with Gasteiger partial charge in [-0.25, -0.2) is 9.18 Å². The lowest BCUT2D eigenvalue weighted by Crippen LogP contribution is -2.54. The van der Waals surface area contributed by atoms with Gasteiger partial charge in [-0.2, -0.15) is 8.78 Å². The molecule has 0 radical (unpaired) electrons. The molecule has 0 aromatic rings. The zero-order valence-corrected chi connectivity index (χ0v) is 5.07. The van der Waals surface area contributed by atoms with Crippen molar-refractivity contribution >= 4 is 5.97 Å². The quantitative estimate of drug-likeness (QED) is 0.568. The zero-order chi connectivity index (χ0) is 8.58. The molecule has 0 heterocycles. The molecule has 0 rings (SSSR count). The summed E-state index contributed by atoms with van der Waals surface area (Å²) in [6.07, 6.45) is 0. The number of rotatable bonds is 2. The summed E-state index contributed by atoms with van der Waals surface area (Å²) in [6, 6.07) is 0. The maximum Gasteiger partial charge on any atom is 0.388 e. The Hall–Kier alpha value is -0.780. The van der Waals surface area contributed by atoms with E-state index in [-0.39, 0.29) is 0 Å². The van der Waals surface area contributed by atoms with Gasteiger partial charge in [0.05, 0.1) is 0 Å². The molecule has 3 nitrogen and oxygen atoms in total. The number of alkyl halides is 3. The Morgan fingerprint density at radius 1 is 1.50 bits per heavy atom. The lowest BCUT2D eigenvalue weighted by molar-refractivity contribution is -0.188. The monoisotopic (exact) mass is 157 g/mol. The van der Waals surface area contributed by atoms with Gasteiger partial charge in [0, 0.05) is 0 Å². The van der Waals surface area contributed by atoms with Crippen LogP contribution in [0, 0.1) is 0 Å². The van der Waals surface area contributed by atoms with Gasteiger partial charge in [-0.1, -0.05) is 0 Å². The van der Waals surface area contributed by atoms with Gasteiger partial charge in [0.25, 0.3) is 0 Å². The predicted molar refractivity (Wildman–Crippen MR) is 26.3 cm³/mol. The molecule has 0 aliphatic rings. The van der Waals surface area contributed by atoms with E-state index in [0.717, 1.165) is 0 Å². The molecule has 0 saturated heterocycles. The number of hydrogen-bond donors (Lipinski definition) is 2. The first-order valence-electron chi connectivity index (χ1n) is 2.28.